The first kappa shape index (κ1) is 13.7. The van der Waals surface area contributed by atoms with Crippen LogP contribution < -0.4 is 11.1 Å². The molecule has 0 aliphatic carbocycles. The molecule has 0 radical (unpaired) electrons. The number of hydrogen-bond acceptors (Lipinski definition) is 3. The molecule has 0 aromatic carbocycles. The Morgan fingerprint density at radius 1 is 1.59 bits per heavy atom. The van der Waals surface area contributed by atoms with Gasteiger partial charge in [-0.2, -0.15) is 0 Å². The van der Waals surface area contributed by atoms with E-state index in [0.29, 0.717) is 6.54 Å². The number of rotatable bonds is 7. The number of carbonyl (C=O) groups excluding carboxylic acids is 1. The number of hydrogen-bond donors (Lipinski definition) is 2. The van der Waals surface area contributed by atoms with Gasteiger partial charge in [0.15, 0.2) is 0 Å². The molecule has 0 fully saturated rings. The van der Waals surface area contributed by atoms with E-state index in [1.54, 1.807) is 12.4 Å². The Kier molecular flexibility index (Phi) is 5.69. The van der Waals surface area contributed by atoms with Gasteiger partial charge in [0.1, 0.15) is 11.9 Å². The first-order valence-corrected chi connectivity index (χ1v) is 6.20. The first-order valence-electron chi connectivity index (χ1n) is 6.20. The summed E-state index contributed by atoms with van der Waals surface area (Å²) in [7, 11) is 0. The first-order chi connectivity index (χ1) is 8.20. The second-order valence-electron chi connectivity index (χ2n) is 4.13. The molecule has 1 heterocycles. The van der Waals surface area contributed by atoms with Gasteiger partial charge < -0.3 is 15.6 Å². The third-order valence-corrected chi connectivity index (χ3v) is 2.81. The fourth-order valence-corrected chi connectivity index (χ4v) is 1.72. The topological polar surface area (TPSA) is 72.9 Å². The molecular weight excluding hydrogens is 216 g/mol. The lowest BCUT2D eigenvalue weighted by molar-refractivity contribution is -0.123. The zero-order valence-corrected chi connectivity index (χ0v) is 10.6. The number of unbranched alkanes of at least 4 members (excludes halogenated alkanes) is 2. The molecule has 5 heteroatoms. The van der Waals surface area contributed by atoms with E-state index in [0.717, 1.165) is 31.6 Å². The standard InChI is InChI=1S/C12H22N4O/c1-3-4-5-6-15-12(17)10(2)16-8-7-14-11(16)9-13/h7-8,10H,3-6,9,13H2,1-2H3,(H,15,17). The van der Waals surface area contributed by atoms with Gasteiger partial charge in [-0.3, -0.25) is 4.79 Å². The van der Waals surface area contributed by atoms with Crippen molar-refractivity contribution in [3.05, 3.63) is 18.2 Å². The molecule has 0 aliphatic heterocycles. The molecule has 0 aliphatic rings. The summed E-state index contributed by atoms with van der Waals surface area (Å²) in [5.74, 6) is 0.759. The summed E-state index contributed by atoms with van der Waals surface area (Å²) >= 11 is 0. The van der Waals surface area contributed by atoms with Crippen LogP contribution in [0.25, 0.3) is 0 Å². The Morgan fingerprint density at radius 3 is 3.00 bits per heavy atom. The van der Waals surface area contributed by atoms with E-state index in [1.807, 2.05) is 11.5 Å². The molecule has 17 heavy (non-hydrogen) atoms. The smallest absolute Gasteiger partial charge is 0.242 e. The summed E-state index contributed by atoms with van der Waals surface area (Å²) in [6.45, 7) is 5.09. The van der Waals surface area contributed by atoms with Crippen LogP contribution in [-0.2, 0) is 11.3 Å². The van der Waals surface area contributed by atoms with Gasteiger partial charge in [0.25, 0.3) is 0 Å². The lowest BCUT2D eigenvalue weighted by Gasteiger charge is -2.15. The predicted molar refractivity (Wildman–Crippen MR) is 67.4 cm³/mol. The van der Waals surface area contributed by atoms with E-state index in [4.69, 9.17) is 5.73 Å². The maximum absolute atomic E-state index is 11.9. The Bertz CT molecular complexity index is 348. The molecule has 5 nitrogen and oxygen atoms in total. The fraction of sp³-hybridized carbons (Fsp3) is 0.667. The molecule has 3 N–H and O–H groups in total. The van der Waals surface area contributed by atoms with Crippen molar-refractivity contribution >= 4 is 5.91 Å². The van der Waals surface area contributed by atoms with Crippen molar-refractivity contribution in [3.63, 3.8) is 0 Å². The van der Waals surface area contributed by atoms with Crippen LogP contribution in [0.4, 0.5) is 0 Å². The van der Waals surface area contributed by atoms with Crippen LogP contribution in [0.5, 0.6) is 0 Å². The van der Waals surface area contributed by atoms with Crippen molar-refractivity contribution in [2.75, 3.05) is 6.54 Å². The zero-order valence-electron chi connectivity index (χ0n) is 10.6. The SMILES string of the molecule is CCCCCNC(=O)C(C)n1ccnc1CN. The van der Waals surface area contributed by atoms with Gasteiger partial charge >= 0.3 is 0 Å². The minimum Gasteiger partial charge on any atom is -0.354 e. The second kappa shape index (κ2) is 7.06. The fourth-order valence-electron chi connectivity index (χ4n) is 1.72. The quantitative estimate of drug-likeness (QED) is 0.701. The summed E-state index contributed by atoms with van der Waals surface area (Å²) in [6.07, 6.45) is 6.79. The molecule has 1 aromatic rings. The van der Waals surface area contributed by atoms with Gasteiger partial charge in [0, 0.05) is 18.9 Å². The summed E-state index contributed by atoms with van der Waals surface area (Å²) in [6, 6.07) is -0.252. The van der Waals surface area contributed by atoms with E-state index in [2.05, 4.69) is 17.2 Å². The highest BCUT2D eigenvalue weighted by molar-refractivity contribution is 5.79. The number of aromatic nitrogens is 2. The van der Waals surface area contributed by atoms with E-state index < -0.39 is 0 Å². The Labute approximate surface area is 102 Å². The van der Waals surface area contributed by atoms with Gasteiger partial charge in [-0.05, 0) is 13.3 Å². The number of nitrogens with zero attached hydrogens (tertiary/aromatic N) is 2. The van der Waals surface area contributed by atoms with Crippen LogP contribution in [0.3, 0.4) is 0 Å². The summed E-state index contributed by atoms with van der Waals surface area (Å²) in [5, 5.41) is 2.93. The number of imidazole rings is 1. The molecule has 1 aromatic heterocycles. The molecule has 1 atom stereocenters. The van der Waals surface area contributed by atoms with Gasteiger partial charge in [0.2, 0.25) is 5.91 Å². The zero-order chi connectivity index (χ0) is 12.7. The average molecular weight is 238 g/mol. The molecule has 0 bridgehead atoms. The third kappa shape index (κ3) is 3.85. The summed E-state index contributed by atoms with van der Waals surface area (Å²) in [5.41, 5.74) is 5.56. The summed E-state index contributed by atoms with van der Waals surface area (Å²) < 4.78 is 1.81. The highest BCUT2D eigenvalue weighted by Gasteiger charge is 2.16. The maximum atomic E-state index is 11.9. The number of nitrogens with two attached hydrogens (primary N) is 1. The van der Waals surface area contributed by atoms with E-state index in [9.17, 15) is 4.79 Å². The van der Waals surface area contributed by atoms with Crippen LogP contribution in [0.2, 0.25) is 0 Å². The number of nitrogens with one attached hydrogen (secondary N) is 1. The van der Waals surface area contributed by atoms with Crippen molar-refractivity contribution in [2.45, 2.75) is 45.7 Å². The molecule has 96 valence electrons. The predicted octanol–water partition coefficient (Wildman–Crippen LogP) is 1.21. The van der Waals surface area contributed by atoms with Gasteiger partial charge in [0.05, 0.1) is 6.54 Å². The minimum absolute atomic E-state index is 0.0220. The van der Waals surface area contributed by atoms with Crippen molar-refractivity contribution in [1.29, 1.82) is 0 Å². The molecule has 0 saturated carbocycles. The normalized spacial score (nSPS) is 12.4. The summed E-state index contributed by atoms with van der Waals surface area (Å²) in [4.78, 5) is 16.0. The molecule has 1 rings (SSSR count). The van der Waals surface area contributed by atoms with Gasteiger partial charge in [-0.25, -0.2) is 4.98 Å². The third-order valence-electron chi connectivity index (χ3n) is 2.81. The Balaban J connectivity index is 2.46. The molecule has 1 amide bonds. The van der Waals surface area contributed by atoms with Crippen molar-refractivity contribution < 1.29 is 4.79 Å². The Morgan fingerprint density at radius 2 is 2.35 bits per heavy atom. The van der Waals surface area contributed by atoms with E-state index >= 15 is 0 Å². The van der Waals surface area contributed by atoms with Crippen molar-refractivity contribution in [1.82, 2.24) is 14.9 Å². The average Bonchev–Trinajstić information content (AvgIpc) is 2.81. The highest BCUT2D eigenvalue weighted by atomic mass is 16.2. The number of carbonyl (C=O) groups is 1. The van der Waals surface area contributed by atoms with Gasteiger partial charge in [-0.1, -0.05) is 19.8 Å². The van der Waals surface area contributed by atoms with Crippen LogP contribution in [0, 0.1) is 0 Å². The molecular formula is C12H22N4O. The van der Waals surface area contributed by atoms with Crippen LogP contribution in [0.1, 0.15) is 45.0 Å². The van der Waals surface area contributed by atoms with Crippen LogP contribution in [-0.4, -0.2) is 22.0 Å². The number of amides is 1. The van der Waals surface area contributed by atoms with Crippen molar-refractivity contribution in [2.24, 2.45) is 5.73 Å². The van der Waals surface area contributed by atoms with Crippen LogP contribution in [0.15, 0.2) is 12.4 Å². The van der Waals surface area contributed by atoms with Gasteiger partial charge in [-0.15, -0.1) is 0 Å². The maximum Gasteiger partial charge on any atom is 0.242 e. The lowest BCUT2D eigenvalue weighted by Crippen LogP contribution is -2.32. The highest BCUT2D eigenvalue weighted by Crippen LogP contribution is 2.08. The lowest BCUT2D eigenvalue weighted by atomic mass is 10.2. The minimum atomic E-state index is -0.252. The molecule has 1 unspecified atom stereocenters. The van der Waals surface area contributed by atoms with E-state index in [-0.39, 0.29) is 11.9 Å². The second-order valence-corrected chi connectivity index (χ2v) is 4.13. The molecule has 0 spiro atoms. The van der Waals surface area contributed by atoms with E-state index in [1.165, 1.54) is 0 Å². The Hall–Kier alpha value is -1.36. The largest absolute Gasteiger partial charge is 0.354 e. The van der Waals surface area contributed by atoms with Crippen LogP contribution >= 0.6 is 0 Å². The van der Waals surface area contributed by atoms with Crippen molar-refractivity contribution in [3.8, 4) is 0 Å². The molecule has 0 saturated heterocycles. The monoisotopic (exact) mass is 238 g/mol.